The van der Waals surface area contributed by atoms with E-state index < -0.39 is 109 Å². The smallest absolute Gasteiger partial charge is 0.239 e. The Labute approximate surface area is 298 Å². The van der Waals surface area contributed by atoms with Crippen molar-refractivity contribution in [1.82, 2.24) is 0 Å². The zero-order chi connectivity index (χ0) is 39.6. The number of rotatable bonds is 6. The molecule has 9 atom stereocenters. The van der Waals surface area contributed by atoms with Crippen LogP contribution in [0.5, 0.6) is 28.7 Å². The van der Waals surface area contributed by atoms with Gasteiger partial charge in [0.25, 0.3) is 0 Å². The molecule has 0 amide bonds. The molecule has 52 heavy (non-hydrogen) atoms. The van der Waals surface area contributed by atoms with Crippen LogP contribution in [-0.4, -0.2) is 115 Å². The summed E-state index contributed by atoms with van der Waals surface area (Å²) in [6.45, 7) is 11.7. The van der Waals surface area contributed by atoms with E-state index in [0.717, 1.165) is 45.0 Å². The lowest BCUT2D eigenvalue weighted by Gasteiger charge is -2.65. The molecule has 2 saturated heterocycles. The van der Waals surface area contributed by atoms with E-state index in [4.69, 9.17) is 23.4 Å². The number of ether oxygens (including phenoxy) is 4. The Bertz CT molecular complexity index is 1970. The van der Waals surface area contributed by atoms with Gasteiger partial charge in [-0.05, 0) is 87.4 Å². The molecule has 5 rings (SSSR count). The van der Waals surface area contributed by atoms with E-state index in [0.29, 0.717) is 0 Å². The van der Waals surface area contributed by atoms with E-state index in [2.05, 4.69) is 0 Å². The molecule has 0 saturated carbocycles. The third kappa shape index (κ3) is 5.11. The summed E-state index contributed by atoms with van der Waals surface area (Å²) < 4.78 is 30.4. The Morgan fingerprint density at radius 1 is 0.692 bits per heavy atom. The number of phenols is 4. The van der Waals surface area contributed by atoms with E-state index in [1.165, 1.54) is 54.5 Å². The Kier molecular flexibility index (Phi) is 8.66. The quantitative estimate of drug-likeness (QED) is 0.162. The molecule has 1 aromatic heterocycles. The molecule has 3 heterocycles. The third-order valence-corrected chi connectivity index (χ3v) is 12.2. The molecule has 10 N–H and O–H groups in total. The van der Waals surface area contributed by atoms with Gasteiger partial charge in [0.2, 0.25) is 17.5 Å². The highest BCUT2D eigenvalue weighted by atomic mass is 16.8. The maximum absolute atomic E-state index is 14.1. The molecular weight excluding hydrogens is 688 g/mol. The Morgan fingerprint density at radius 3 is 1.87 bits per heavy atom. The van der Waals surface area contributed by atoms with Crippen LogP contribution in [0.15, 0.2) is 39.5 Å². The second-order valence-corrected chi connectivity index (χ2v) is 15.8. The first-order chi connectivity index (χ1) is 23.3. The van der Waals surface area contributed by atoms with Crippen molar-refractivity contribution in [2.24, 2.45) is 0 Å². The van der Waals surface area contributed by atoms with E-state index in [1.54, 1.807) is 0 Å². The minimum atomic E-state index is -2.57. The molecule has 16 heteroatoms. The molecule has 3 aromatic rings. The van der Waals surface area contributed by atoms with Crippen molar-refractivity contribution in [3.05, 3.63) is 40.6 Å². The number of benzene rings is 2. The second kappa shape index (κ2) is 11.4. The van der Waals surface area contributed by atoms with E-state index in [-0.39, 0.29) is 11.1 Å². The highest BCUT2D eigenvalue weighted by molar-refractivity contribution is 5.88. The Hall–Kier alpha value is -3.71. The van der Waals surface area contributed by atoms with E-state index in [9.17, 15) is 55.9 Å². The van der Waals surface area contributed by atoms with Gasteiger partial charge in [0.1, 0.15) is 56.1 Å². The van der Waals surface area contributed by atoms with Crippen LogP contribution in [0, 0.1) is 0 Å². The molecule has 2 aromatic carbocycles. The Morgan fingerprint density at radius 2 is 1.29 bits per heavy atom. The molecular formula is C36H48O16. The molecule has 2 aliphatic rings. The molecule has 0 bridgehead atoms. The summed E-state index contributed by atoms with van der Waals surface area (Å²) in [5, 5.41) is 111. The fraction of sp³-hybridized carbons (Fsp3) is 0.583. The van der Waals surface area contributed by atoms with Crippen molar-refractivity contribution in [3.8, 4) is 40.1 Å². The highest BCUT2D eigenvalue weighted by Gasteiger charge is 2.75. The van der Waals surface area contributed by atoms with E-state index >= 15 is 0 Å². The zero-order valence-corrected chi connectivity index (χ0v) is 30.6. The number of aromatic hydroxyl groups is 4. The van der Waals surface area contributed by atoms with Gasteiger partial charge >= 0.3 is 0 Å². The van der Waals surface area contributed by atoms with Gasteiger partial charge in [-0.25, -0.2) is 0 Å². The van der Waals surface area contributed by atoms with Crippen LogP contribution in [0.1, 0.15) is 69.2 Å². The largest absolute Gasteiger partial charge is 0.508 e. The van der Waals surface area contributed by atoms with Gasteiger partial charge in [0.15, 0.2) is 28.6 Å². The van der Waals surface area contributed by atoms with Crippen LogP contribution in [0.4, 0.5) is 0 Å². The van der Waals surface area contributed by atoms with Crippen molar-refractivity contribution in [2.75, 3.05) is 6.61 Å². The third-order valence-electron chi connectivity index (χ3n) is 12.2. The maximum Gasteiger partial charge on any atom is 0.239 e. The van der Waals surface area contributed by atoms with Crippen molar-refractivity contribution in [2.45, 2.75) is 126 Å². The van der Waals surface area contributed by atoms with Crippen LogP contribution in [0.2, 0.25) is 0 Å². The van der Waals surface area contributed by atoms with Crippen molar-refractivity contribution >= 4 is 11.0 Å². The minimum Gasteiger partial charge on any atom is -0.508 e. The first kappa shape index (κ1) is 39.5. The Balaban J connectivity index is 1.64. The molecule has 0 aliphatic carbocycles. The lowest BCUT2D eigenvalue weighted by molar-refractivity contribution is -0.465. The maximum atomic E-state index is 14.1. The predicted octanol–water partition coefficient (Wildman–Crippen LogP) is 1.82. The zero-order valence-electron chi connectivity index (χ0n) is 30.6. The monoisotopic (exact) mass is 736 g/mol. The average molecular weight is 737 g/mol. The standard InChI is InChI=1S/C36H48O16/c1-28(2)31(5,43)34(8,46)35(9,47)36(10,52-28)48-16-29(3)32(6,44)33(7,45)30(4,42)27(51-29)50-26-24(41)23-21(40)14-18(37)15-22(23)49-25(26)17-11-12-19(38)20(39)13-17/h11-15,27,37-40,42-47H,16H2,1-10H3/t27-,29?,30?,31+,32-,33+,34+,35?,36-/m1/s1. The van der Waals surface area contributed by atoms with Crippen LogP contribution in [0.3, 0.4) is 0 Å². The molecule has 2 fully saturated rings. The summed E-state index contributed by atoms with van der Waals surface area (Å²) >= 11 is 0. The van der Waals surface area contributed by atoms with Gasteiger partial charge < -0.3 is 74.4 Å². The SMILES string of the molecule is CC1(C)O[C@@](C)(OCC2(C)O[C@@H](Oc3c(-c4ccc(O)c(O)c4)oc4cc(O)cc(O)c4c3=O)C(C)(O)[C@](C)(O)[C@]2(C)O)C(C)(O)[C@@](C)(O)[C@@]1(C)O. The lowest BCUT2D eigenvalue weighted by Crippen LogP contribution is -2.85. The van der Waals surface area contributed by atoms with Crippen LogP contribution < -0.4 is 10.2 Å². The van der Waals surface area contributed by atoms with Gasteiger partial charge in [0, 0.05) is 17.7 Å². The van der Waals surface area contributed by atoms with Gasteiger partial charge in [-0.15, -0.1) is 0 Å². The summed E-state index contributed by atoms with van der Waals surface area (Å²) in [5.74, 6) is -5.59. The van der Waals surface area contributed by atoms with Crippen molar-refractivity contribution in [1.29, 1.82) is 0 Å². The van der Waals surface area contributed by atoms with Crippen molar-refractivity contribution < 1.29 is 74.4 Å². The second-order valence-electron chi connectivity index (χ2n) is 15.8. The number of hydrogen-bond acceptors (Lipinski definition) is 16. The molecule has 0 spiro atoms. The van der Waals surface area contributed by atoms with Crippen LogP contribution in [0.25, 0.3) is 22.3 Å². The summed E-state index contributed by atoms with van der Waals surface area (Å²) in [4.78, 5) is 14.1. The topological polar surface area (TPSA) is 269 Å². The lowest BCUT2D eigenvalue weighted by atomic mass is 9.61. The number of aliphatic hydroxyl groups is 6. The highest BCUT2D eigenvalue weighted by Crippen LogP contribution is 2.55. The van der Waals surface area contributed by atoms with Crippen LogP contribution in [-0.2, 0) is 14.2 Å². The average Bonchev–Trinajstić information content (AvgIpc) is 2.99. The number of hydrogen-bond donors (Lipinski definition) is 10. The first-order valence-electron chi connectivity index (χ1n) is 16.4. The van der Waals surface area contributed by atoms with Gasteiger partial charge in [-0.2, -0.15) is 0 Å². The summed E-state index contributed by atoms with van der Waals surface area (Å²) in [6, 6.07) is 5.27. The number of fused-ring (bicyclic) bond motifs is 1. The fourth-order valence-corrected chi connectivity index (χ4v) is 6.99. The molecule has 0 radical (unpaired) electrons. The summed E-state index contributed by atoms with van der Waals surface area (Å²) in [6.07, 6.45) is -2.07. The normalized spacial score (nSPS) is 40.5. The van der Waals surface area contributed by atoms with Gasteiger partial charge in [-0.3, -0.25) is 4.79 Å². The van der Waals surface area contributed by atoms with Crippen LogP contribution >= 0.6 is 0 Å². The van der Waals surface area contributed by atoms with Gasteiger partial charge in [0.05, 0.1) is 12.2 Å². The fourth-order valence-electron chi connectivity index (χ4n) is 6.99. The van der Waals surface area contributed by atoms with Gasteiger partial charge in [-0.1, -0.05) is 0 Å². The van der Waals surface area contributed by atoms with E-state index in [1.807, 2.05) is 0 Å². The molecule has 2 aliphatic heterocycles. The minimum absolute atomic E-state index is 0.0532. The van der Waals surface area contributed by atoms with Crippen molar-refractivity contribution in [3.63, 3.8) is 0 Å². The number of phenolic OH excluding ortho intramolecular Hbond substituents is 4. The predicted molar refractivity (Wildman–Crippen MR) is 182 cm³/mol. The summed E-state index contributed by atoms with van der Waals surface area (Å²) in [5.41, 5.74) is -19.3. The molecule has 3 unspecified atom stereocenters. The molecule has 288 valence electrons. The molecule has 16 nitrogen and oxygen atoms in total. The summed E-state index contributed by atoms with van der Waals surface area (Å²) in [7, 11) is 0. The first-order valence-corrected chi connectivity index (χ1v) is 16.4.